The van der Waals surface area contributed by atoms with E-state index >= 15 is 0 Å². The van der Waals surface area contributed by atoms with Gasteiger partial charge in [0.05, 0.1) is 13.1 Å². The van der Waals surface area contributed by atoms with Crippen molar-refractivity contribution < 1.29 is 47.9 Å². The van der Waals surface area contributed by atoms with Crippen LogP contribution in [-0.4, -0.2) is 143 Å². The van der Waals surface area contributed by atoms with Gasteiger partial charge in [-0.15, -0.1) is 49.4 Å². The largest absolute Gasteiger partial charge is 0.345 e. The first-order valence-corrected chi connectivity index (χ1v) is 19.3. The van der Waals surface area contributed by atoms with Gasteiger partial charge in [-0.2, -0.15) is 0 Å². The van der Waals surface area contributed by atoms with Gasteiger partial charge in [0.15, 0.2) is 0 Å². The molecule has 8 atom stereocenters. The van der Waals surface area contributed by atoms with Crippen LogP contribution >= 0.6 is 0 Å². The Hall–Kier alpha value is -7.06. The molecule has 20 nitrogen and oxygen atoms in total. The maximum absolute atomic E-state index is 13.7. The predicted molar refractivity (Wildman–Crippen MR) is 212 cm³/mol. The normalized spacial score (nSPS) is 28.5. The Kier molecular flexibility index (Phi) is 18.0. The van der Waals surface area contributed by atoms with Crippen LogP contribution in [0.3, 0.4) is 0 Å². The molecule has 0 bridgehead atoms. The van der Waals surface area contributed by atoms with Gasteiger partial charge < -0.3 is 52.3 Å². The van der Waals surface area contributed by atoms with E-state index in [1.807, 2.05) is 0 Å². The lowest BCUT2D eigenvalue weighted by Gasteiger charge is -2.29. The van der Waals surface area contributed by atoms with E-state index < -0.39 is 120 Å². The van der Waals surface area contributed by atoms with Gasteiger partial charge in [-0.05, 0) is 39.5 Å². The van der Waals surface area contributed by atoms with Crippen molar-refractivity contribution >= 4 is 59.1 Å². The summed E-state index contributed by atoms with van der Waals surface area (Å²) >= 11 is 0. The van der Waals surface area contributed by atoms with E-state index in [2.05, 4.69) is 66.2 Å². The highest BCUT2D eigenvalue weighted by molar-refractivity contribution is 5.99. The minimum Gasteiger partial charge on any atom is -0.345 e. The number of nitrogens with zero attached hydrogens (tertiary/aromatic N) is 2. The Balaban J connectivity index is 1.89. The van der Waals surface area contributed by atoms with Crippen LogP contribution in [0.1, 0.15) is 65.2 Å². The van der Waals surface area contributed by atoms with Crippen LogP contribution in [0.15, 0.2) is 0 Å². The Morgan fingerprint density at radius 3 is 1.13 bits per heavy atom. The summed E-state index contributed by atoms with van der Waals surface area (Å²) in [6.07, 6.45) is 21.9. The number of hydrogen-bond acceptors (Lipinski definition) is 10. The third kappa shape index (κ3) is 13.0. The number of amides is 10. The van der Waals surface area contributed by atoms with Gasteiger partial charge in [0, 0.05) is 38.8 Å². The van der Waals surface area contributed by atoms with Crippen molar-refractivity contribution in [3.63, 3.8) is 0 Å². The summed E-state index contributed by atoms with van der Waals surface area (Å²) in [5.41, 5.74) is 0. The molecule has 0 radical (unpaired) electrons. The predicted octanol–water partition coefficient (Wildman–Crippen LogP) is -4.74. The summed E-state index contributed by atoms with van der Waals surface area (Å²) in [6.45, 7) is 1.60. The summed E-state index contributed by atoms with van der Waals surface area (Å²) in [7, 11) is 0. The second kappa shape index (κ2) is 22.8. The quantitative estimate of drug-likeness (QED) is 0.125. The maximum Gasteiger partial charge on any atom is 0.246 e. The maximum atomic E-state index is 13.7. The standard InChI is InChI=1S/C40H50N10O10/c1-7-13-25-35(55)43-23(5)33(53)47-27(15-9-3)39(59)50-20-12-18-30(50)38(58)42-22-32(52)46-26(14-8-2)36(56)44-24(6)34(54)48-28(16-10-4)40(60)49-19-11-17-29(49)37(57)41-21-31(51)45-25/h1-4,23-30H,11-22H2,5-6H3,(H,41,57)(H,42,58)(H,43,55)(H,44,56)(H,45,51)(H,46,52)(H,47,53)(H,48,54)/t23-,24-,25-,26-,27-,28-,29-,30-/m0/s1. The third-order valence-corrected chi connectivity index (χ3v) is 9.85. The summed E-state index contributed by atoms with van der Waals surface area (Å²) in [5, 5.41) is 19.5. The average Bonchev–Trinajstić information content (AvgIpc) is 3.91. The molecule has 60 heavy (non-hydrogen) atoms. The minimum absolute atomic E-state index is 0.118. The van der Waals surface area contributed by atoms with Crippen molar-refractivity contribution in [1.82, 2.24) is 52.3 Å². The van der Waals surface area contributed by atoms with E-state index in [1.165, 1.54) is 23.6 Å². The van der Waals surface area contributed by atoms with Gasteiger partial charge in [0.2, 0.25) is 59.1 Å². The van der Waals surface area contributed by atoms with Gasteiger partial charge in [0.25, 0.3) is 0 Å². The zero-order valence-electron chi connectivity index (χ0n) is 33.4. The van der Waals surface area contributed by atoms with Crippen LogP contribution in [0.25, 0.3) is 0 Å². The third-order valence-electron chi connectivity index (χ3n) is 9.85. The number of terminal acetylenes is 4. The summed E-state index contributed by atoms with van der Waals surface area (Å²) in [6, 6.07) is -9.99. The summed E-state index contributed by atoms with van der Waals surface area (Å²) in [5.74, 6) is 1.32. The lowest BCUT2D eigenvalue weighted by Crippen LogP contribution is -2.59. The Morgan fingerprint density at radius 1 is 0.467 bits per heavy atom. The molecule has 0 aromatic carbocycles. The van der Waals surface area contributed by atoms with Crippen molar-refractivity contribution in [2.24, 2.45) is 0 Å². The fourth-order valence-corrected chi connectivity index (χ4v) is 6.71. The molecule has 3 aliphatic heterocycles. The number of hydrogen-bond donors (Lipinski definition) is 8. The number of carbonyl (C=O) groups excluding carboxylic acids is 10. The first-order valence-electron chi connectivity index (χ1n) is 19.3. The minimum atomic E-state index is -1.35. The smallest absolute Gasteiger partial charge is 0.246 e. The van der Waals surface area contributed by atoms with Gasteiger partial charge in [-0.1, -0.05) is 0 Å². The zero-order chi connectivity index (χ0) is 44.5. The Bertz CT molecular complexity index is 1760. The first-order chi connectivity index (χ1) is 28.6. The van der Waals surface area contributed by atoms with Gasteiger partial charge in [0.1, 0.15) is 48.3 Å². The van der Waals surface area contributed by atoms with Crippen LogP contribution in [-0.2, 0) is 47.9 Å². The molecule has 0 aliphatic carbocycles. The van der Waals surface area contributed by atoms with Crippen LogP contribution in [0.4, 0.5) is 0 Å². The molecule has 20 heteroatoms. The second-order valence-electron chi connectivity index (χ2n) is 14.3. The first kappa shape index (κ1) is 47.3. The number of nitrogens with one attached hydrogen (secondary N) is 8. The molecule has 0 aromatic heterocycles. The van der Waals surface area contributed by atoms with E-state index in [0.29, 0.717) is 12.8 Å². The lowest BCUT2D eigenvalue weighted by atomic mass is 10.1. The van der Waals surface area contributed by atoms with Crippen molar-refractivity contribution in [2.75, 3.05) is 26.2 Å². The van der Waals surface area contributed by atoms with Crippen LogP contribution < -0.4 is 42.5 Å². The molecule has 3 aliphatic rings. The molecule has 0 unspecified atom stereocenters. The zero-order valence-corrected chi connectivity index (χ0v) is 33.4. The molecule has 0 spiro atoms. The van der Waals surface area contributed by atoms with Crippen LogP contribution in [0.2, 0.25) is 0 Å². The van der Waals surface area contributed by atoms with Gasteiger partial charge in [-0.3, -0.25) is 47.9 Å². The second-order valence-corrected chi connectivity index (χ2v) is 14.3. The Labute approximate surface area is 347 Å². The van der Waals surface area contributed by atoms with E-state index in [-0.39, 0.29) is 51.6 Å². The molecule has 320 valence electrons. The fourth-order valence-electron chi connectivity index (χ4n) is 6.71. The molecule has 3 fully saturated rings. The molecule has 3 saturated heterocycles. The van der Waals surface area contributed by atoms with Gasteiger partial charge >= 0.3 is 0 Å². The lowest BCUT2D eigenvalue weighted by molar-refractivity contribution is -0.142. The van der Waals surface area contributed by atoms with E-state index in [1.54, 1.807) is 0 Å². The number of fused-ring (bicyclic) bond motifs is 2. The van der Waals surface area contributed by atoms with Crippen molar-refractivity contribution in [3.8, 4) is 49.4 Å². The van der Waals surface area contributed by atoms with Crippen molar-refractivity contribution in [2.45, 2.75) is 114 Å². The summed E-state index contributed by atoms with van der Waals surface area (Å²) in [4.78, 5) is 135. The molecule has 0 aromatic rings. The molecule has 3 rings (SSSR count). The van der Waals surface area contributed by atoms with E-state index in [9.17, 15) is 47.9 Å². The Morgan fingerprint density at radius 2 is 0.800 bits per heavy atom. The van der Waals surface area contributed by atoms with Gasteiger partial charge in [-0.25, -0.2) is 0 Å². The van der Waals surface area contributed by atoms with Crippen LogP contribution in [0.5, 0.6) is 0 Å². The summed E-state index contributed by atoms with van der Waals surface area (Å²) < 4.78 is 0. The topological polar surface area (TPSA) is 273 Å². The number of carbonyl (C=O) groups is 10. The molecule has 10 amide bonds. The van der Waals surface area contributed by atoms with E-state index in [4.69, 9.17) is 25.7 Å². The molecule has 3 heterocycles. The highest BCUT2D eigenvalue weighted by Crippen LogP contribution is 2.21. The average molecular weight is 831 g/mol. The number of rotatable bonds is 4. The highest BCUT2D eigenvalue weighted by Gasteiger charge is 2.40. The van der Waals surface area contributed by atoms with E-state index in [0.717, 1.165) is 0 Å². The molecule has 8 N–H and O–H groups in total. The molecular weight excluding hydrogens is 780 g/mol. The highest BCUT2D eigenvalue weighted by atomic mass is 16.2. The molecule has 0 saturated carbocycles. The monoisotopic (exact) mass is 830 g/mol. The van der Waals surface area contributed by atoms with Crippen molar-refractivity contribution in [1.29, 1.82) is 0 Å². The molecular formula is C40H50N10O10. The SMILES string of the molecule is C#CC[C@@H]1NC(=O)CNC(=O)[C@@H]2CCCN2C(=O)[C@H](CC#C)NC(=O)[C@H](C)NC(=O)[C@H](CC#C)NC(=O)CNC(=O)[C@@H]2CCCN2C(=O)[C@H](CC#C)NC(=O)[C@H](C)NC1=O. The van der Waals surface area contributed by atoms with Crippen molar-refractivity contribution in [3.05, 3.63) is 0 Å². The van der Waals surface area contributed by atoms with Crippen LogP contribution in [0, 0.1) is 49.4 Å². The fraction of sp³-hybridized carbons (Fsp3) is 0.550.